The molecule has 1 aliphatic heterocycles. The lowest BCUT2D eigenvalue weighted by Gasteiger charge is -2.28. The molecule has 0 unspecified atom stereocenters. The molecular formula is C19H25N5O5S. The first-order valence-electron chi connectivity index (χ1n) is 9.74. The summed E-state index contributed by atoms with van der Waals surface area (Å²) in [5.41, 5.74) is 0.144. The van der Waals surface area contributed by atoms with Crippen molar-refractivity contribution in [2.45, 2.75) is 38.0 Å². The number of nitro benzene ring substituents is 1. The Labute approximate surface area is 175 Å². The van der Waals surface area contributed by atoms with Gasteiger partial charge >= 0.3 is 0 Å². The van der Waals surface area contributed by atoms with Gasteiger partial charge in [0.25, 0.3) is 5.69 Å². The Morgan fingerprint density at radius 1 is 1.17 bits per heavy atom. The summed E-state index contributed by atoms with van der Waals surface area (Å²) in [6.45, 7) is 5.31. The molecule has 2 aromatic rings. The maximum Gasteiger partial charge on any atom is 0.270 e. The van der Waals surface area contributed by atoms with E-state index in [4.69, 9.17) is 4.74 Å². The second-order valence-electron chi connectivity index (χ2n) is 7.11. The third-order valence-electron chi connectivity index (χ3n) is 4.80. The van der Waals surface area contributed by atoms with Crippen LogP contribution in [-0.2, 0) is 10.0 Å². The average Bonchev–Trinajstić information content (AvgIpc) is 2.71. The predicted molar refractivity (Wildman–Crippen MR) is 111 cm³/mol. The maximum absolute atomic E-state index is 12.5. The van der Waals surface area contributed by atoms with E-state index in [9.17, 15) is 18.5 Å². The summed E-state index contributed by atoms with van der Waals surface area (Å²) < 4.78 is 33.1. The quantitative estimate of drug-likeness (QED) is 0.380. The fraction of sp³-hybridized carbons (Fsp3) is 0.474. The number of aromatic nitrogens is 2. The number of aryl methyl sites for hydroxylation is 2. The van der Waals surface area contributed by atoms with E-state index < -0.39 is 14.9 Å². The van der Waals surface area contributed by atoms with Gasteiger partial charge in [-0.25, -0.2) is 18.1 Å². The monoisotopic (exact) mass is 435 g/mol. The Morgan fingerprint density at radius 2 is 1.90 bits per heavy atom. The Balaban J connectivity index is 1.61. The molecule has 10 nitrogen and oxygen atoms in total. The standard InChI is InChI=1S/C19H25N5O5S/c1-14-6-7-16(24(25)26)12-17(14)30(27,28)20-8-11-29-19-13-18(21-15(2)22-19)23-9-4-3-5-10-23/h6-7,12-13,20H,3-5,8-11H2,1-2H3. The number of sulfonamides is 1. The molecular weight excluding hydrogens is 410 g/mol. The molecule has 1 aliphatic rings. The molecule has 11 heteroatoms. The molecule has 0 atom stereocenters. The fourth-order valence-corrected chi connectivity index (χ4v) is 4.56. The lowest BCUT2D eigenvalue weighted by atomic mass is 10.1. The number of nitrogens with zero attached hydrogens (tertiary/aromatic N) is 4. The number of hydrogen-bond donors (Lipinski definition) is 1. The van der Waals surface area contributed by atoms with Crippen molar-refractivity contribution in [3.8, 4) is 5.88 Å². The van der Waals surface area contributed by atoms with E-state index in [1.54, 1.807) is 19.9 Å². The van der Waals surface area contributed by atoms with Crippen molar-refractivity contribution in [2.24, 2.45) is 0 Å². The van der Waals surface area contributed by atoms with Gasteiger partial charge in [-0.15, -0.1) is 0 Å². The number of nitro groups is 1. The first kappa shape index (κ1) is 21.9. The van der Waals surface area contributed by atoms with E-state index in [0.717, 1.165) is 37.8 Å². The average molecular weight is 436 g/mol. The fourth-order valence-electron chi connectivity index (χ4n) is 3.29. The molecule has 30 heavy (non-hydrogen) atoms. The van der Waals surface area contributed by atoms with Gasteiger partial charge in [0.2, 0.25) is 15.9 Å². The zero-order chi connectivity index (χ0) is 21.7. The van der Waals surface area contributed by atoms with Crippen LogP contribution in [0.25, 0.3) is 0 Å². The lowest BCUT2D eigenvalue weighted by Crippen LogP contribution is -2.30. The summed E-state index contributed by atoms with van der Waals surface area (Å²) in [6, 6.07) is 5.50. The van der Waals surface area contributed by atoms with Crippen LogP contribution in [0.4, 0.5) is 11.5 Å². The number of ether oxygens (including phenoxy) is 1. The number of hydrogen-bond acceptors (Lipinski definition) is 8. The van der Waals surface area contributed by atoms with E-state index in [1.165, 1.54) is 18.6 Å². The van der Waals surface area contributed by atoms with E-state index in [-0.39, 0.29) is 23.7 Å². The van der Waals surface area contributed by atoms with Crippen molar-refractivity contribution in [3.63, 3.8) is 0 Å². The molecule has 2 heterocycles. The first-order valence-corrected chi connectivity index (χ1v) is 11.2. The number of benzene rings is 1. The zero-order valence-electron chi connectivity index (χ0n) is 17.0. The van der Waals surface area contributed by atoms with Gasteiger partial charge in [-0.1, -0.05) is 6.07 Å². The van der Waals surface area contributed by atoms with Crippen LogP contribution in [0.15, 0.2) is 29.2 Å². The number of piperidine rings is 1. The molecule has 0 radical (unpaired) electrons. The molecule has 0 spiro atoms. The van der Waals surface area contributed by atoms with Crippen LogP contribution in [0.5, 0.6) is 5.88 Å². The topological polar surface area (TPSA) is 128 Å². The molecule has 1 saturated heterocycles. The third-order valence-corrected chi connectivity index (χ3v) is 6.40. The molecule has 1 N–H and O–H groups in total. The van der Waals surface area contributed by atoms with E-state index >= 15 is 0 Å². The van der Waals surface area contributed by atoms with Gasteiger partial charge in [0.05, 0.1) is 9.82 Å². The van der Waals surface area contributed by atoms with E-state index in [0.29, 0.717) is 17.3 Å². The summed E-state index contributed by atoms with van der Waals surface area (Å²) in [5, 5.41) is 10.9. The maximum atomic E-state index is 12.5. The SMILES string of the molecule is Cc1nc(OCCNS(=O)(=O)c2cc([N+](=O)[O-])ccc2C)cc(N2CCCCC2)n1. The van der Waals surface area contributed by atoms with Crippen LogP contribution in [0.3, 0.4) is 0 Å². The molecule has 1 aromatic carbocycles. The van der Waals surface area contributed by atoms with E-state index in [2.05, 4.69) is 19.6 Å². The van der Waals surface area contributed by atoms with Gasteiger partial charge in [0, 0.05) is 37.8 Å². The minimum absolute atomic E-state index is 0.00738. The minimum atomic E-state index is -3.91. The molecule has 1 aromatic heterocycles. The Bertz CT molecular complexity index is 1020. The van der Waals surface area contributed by atoms with Crippen molar-refractivity contribution in [2.75, 3.05) is 31.1 Å². The molecule has 0 saturated carbocycles. The Kier molecular flexibility index (Phi) is 6.83. The molecule has 162 valence electrons. The minimum Gasteiger partial charge on any atom is -0.476 e. The third kappa shape index (κ3) is 5.42. The molecule has 3 rings (SSSR count). The summed E-state index contributed by atoms with van der Waals surface area (Å²) in [5.74, 6) is 1.78. The highest BCUT2D eigenvalue weighted by atomic mass is 32.2. The van der Waals surface area contributed by atoms with Crippen molar-refractivity contribution in [1.29, 1.82) is 0 Å². The van der Waals surface area contributed by atoms with Crippen molar-refractivity contribution >= 4 is 21.5 Å². The van der Waals surface area contributed by atoms with Crippen LogP contribution in [-0.4, -0.2) is 49.6 Å². The van der Waals surface area contributed by atoms with Gasteiger partial charge in [-0.2, -0.15) is 4.98 Å². The van der Waals surface area contributed by atoms with Crippen molar-refractivity contribution < 1.29 is 18.1 Å². The van der Waals surface area contributed by atoms with Crippen LogP contribution < -0.4 is 14.4 Å². The van der Waals surface area contributed by atoms with Crippen LogP contribution in [0.2, 0.25) is 0 Å². The molecule has 0 amide bonds. The second-order valence-corrected chi connectivity index (χ2v) is 8.85. The van der Waals surface area contributed by atoms with Gasteiger partial charge < -0.3 is 9.64 Å². The summed E-state index contributed by atoms with van der Waals surface area (Å²) in [7, 11) is -3.91. The second kappa shape index (κ2) is 9.35. The first-order chi connectivity index (χ1) is 14.3. The largest absolute Gasteiger partial charge is 0.476 e. The van der Waals surface area contributed by atoms with Crippen molar-refractivity contribution in [3.05, 3.63) is 45.8 Å². The van der Waals surface area contributed by atoms with Crippen LogP contribution >= 0.6 is 0 Å². The normalized spacial score (nSPS) is 14.5. The Morgan fingerprint density at radius 3 is 2.60 bits per heavy atom. The lowest BCUT2D eigenvalue weighted by molar-refractivity contribution is -0.385. The summed E-state index contributed by atoms with van der Waals surface area (Å²) >= 11 is 0. The molecule has 0 bridgehead atoms. The Hall–Kier alpha value is -2.79. The highest BCUT2D eigenvalue weighted by molar-refractivity contribution is 7.89. The predicted octanol–water partition coefficient (Wildman–Crippen LogP) is 2.35. The van der Waals surface area contributed by atoms with Crippen molar-refractivity contribution in [1.82, 2.24) is 14.7 Å². The van der Waals surface area contributed by atoms with Gasteiger partial charge in [-0.05, 0) is 38.7 Å². The number of nitrogens with one attached hydrogen (secondary N) is 1. The van der Waals surface area contributed by atoms with Gasteiger partial charge in [-0.3, -0.25) is 10.1 Å². The van der Waals surface area contributed by atoms with E-state index in [1.807, 2.05) is 0 Å². The number of non-ortho nitro benzene ring substituents is 1. The summed E-state index contributed by atoms with van der Waals surface area (Å²) in [6.07, 6.45) is 3.46. The number of anilines is 1. The van der Waals surface area contributed by atoms with Gasteiger partial charge in [0.15, 0.2) is 0 Å². The highest BCUT2D eigenvalue weighted by Crippen LogP contribution is 2.22. The molecule has 1 fully saturated rings. The molecule has 0 aliphatic carbocycles. The zero-order valence-corrected chi connectivity index (χ0v) is 17.8. The highest BCUT2D eigenvalue weighted by Gasteiger charge is 2.20. The smallest absolute Gasteiger partial charge is 0.270 e. The number of rotatable bonds is 8. The van der Waals surface area contributed by atoms with Gasteiger partial charge in [0.1, 0.15) is 18.2 Å². The van der Waals surface area contributed by atoms with Crippen LogP contribution in [0, 0.1) is 24.0 Å². The summed E-state index contributed by atoms with van der Waals surface area (Å²) in [4.78, 5) is 21.1. The van der Waals surface area contributed by atoms with Crippen LogP contribution in [0.1, 0.15) is 30.7 Å².